The van der Waals surface area contributed by atoms with Gasteiger partial charge in [0.2, 0.25) is 0 Å². The lowest BCUT2D eigenvalue weighted by Crippen LogP contribution is -2.15. The van der Waals surface area contributed by atoms with Gasteiger partial charge in [0.25, 0.3) is 0 Å². The summed E-state index contributed by atoms with van der Waals surface area (Å²) in [5.41, 5.74) is 20.8. The molecule has 1 heterocycles. The lowest BCUT2D eigenvalue weighted by Gasteiger charge is -2.32. The van der Waals surface area contributed by atoms with Gasteiger partial charge in [-0.15, -0.1) is 11.3 Å². The number of fused-ring (bicyclic) bond motifs is 10. The minimum absolute atomic E-state index is 0.275. The van der Waals surface area contributed by atoms with E-state index in [0.717, 1.165) is 56.4 Å². The number of thiophene rings is 1. The van der Waals surface area contributed by atoms with Crippen LogP contribution >= 0.6 is 11.3 Å². The molecule has 388 valence electrons. The second-order valence-electron chi connectivity index (χ2n) is 22.1. The summed E-state index contributed by atoms with van der Waals surface area (Å²) in [6.45, 7) is 15.5. The third-order valence-electron chi connectivity index (χ3n) is 16.9. The SMILES string of the molecule is C=Cc1cc(N(c2cc(-c3ccc4c(c3)C(C)(C)c3cc(-c5ccc6c(c5)sc5ccc7ccccc7c56)ccc3-4)cc(N(c3ccc(C)c(/C=C\C)c3)c3cccc4ccccc34)c2)c2cccc3ccccc23)ccc1/C=C\C. The van der Waals surface area contributed by atoms with Crippen molar-refractivity contribution in [2.45, 2.75) is 40.0 Å². The molecule has 0 atom stereocenters. The Labute approximate surface area is 479 Å². The molecular formula is C78H60N2S. The molecule has 0 saturated heterocycles. The maximum Gasteiger partial charge on any atom is 0.0540 e. The van der Waals surface area contributed by atoms with Gasteiger partial charge in [-0.1, -0.05) is 202 Å². The first-order valence-electron chi connectivity index (χ1n) is 28.1. The summed E-state index contributed by atoms with van der Waals surface area (Å²) < 4.78 is 2.65. The van der Waals surface area contributed by atoms with E-state index in [-0.39, 0.29) is 5.41 Å². The highest BCUT2D eigenvalue weighted by atomic mass is 32.1. The lowest BCUT2D eigenvalue weighted by molar-refractivity contribution is 0.661. The molecule has 0 radical (unpaired) electrons. The molecule has 0 saturated carbocycles. The Balaban J connectivity index is 0.968. The van der Waals surface area contributed by atoms with Crippen molar-refractivity contribution >= 4 is 116 Å². The molecular weight excluding hydrogens is 997 g/mol. The van der Waals surface area contributed by atoms with Crippen LogP contribution in [0, 0.1) is 6.92 Å². The van der Waals surface area contributed by atoms with Crippen molar-refractivity contribution in [3.8, 4) is 33.4 Å². The molecule has 12 aromatic carbocycles. The van der Waals surface area contributed by atoms with Crippen molar-refractivity contribution < 1.29 is 0 Å². The Morgan fingerprint density at radius 1 is 0.395 bits per heavy atom. The van der Waals surface area contributed by atoms with Crippen LogP contribution < -0.4 is 9.80 Å². The quantitative estimate of drug-likeness (QED) is 0.127. The Morgan fingerprint density at radius 2 is 0.914 bits per heavy atom. The van der Waals surface area contributed by atoms with Gasteiger partial charge in [-0.25, -0.2) is 0 Å². The molecule has 1 aromatic heterocycles. The molecule has 1 aliphatic rings. The molecule has 1 aliphatic carbocycles. The zero-order chi connectivity index (χ0) is 54.9. The number of aryl methyl sites for hydroxylation is 1. The van der Waals surface area contributed by atoms with Gasteiger partial charge in [-0.2, -0.15) is 0 Å². The van der Waals surface area contributed by atoms with Crippen molar-refractivity contribution in [3.63, 3.8) is 0 Å². The Kier molecular flexibility index (Phi) is 12.3. The highest BCUT2D eigenvalue weighted by Crippen LogP contribution is 2.53. The van der Waals surface area contributed by atoms with Crippen LogP contribution in [0.2, 0.25) is 0 Å². The predicted octanol–water partition coefficient (Wildman–Crippen LogP) is 23.1. The number of benzene rings is 12. The van der Waals surface area contributed by atoms with Crippen molar-refractivity contribution in [1.29, 1.82) is 0 Å². The summed E-state index contributed by atoms with van der Waals surface area (Å²) in [6.07, 6.45) is 10.6. The number of nitrogens with zero attached hydrogens (tertiary/aromatic N) is 2. The van der Waals surface area contributed by atoms with Gasteiger partial charge in [0.15, 0.2) is 0 Å². The first-order chi connectivity index (χ1) is 39.7. The van der Waals surface area contributed by atoms with Gasteiger partial charge in [-0.05, 0) is 188 Å². The van der Waals surface area contributed by atoms with Crippen LogP contribution in [-0.2, 0) is 5.41 Å². The van der Waals surface area contributed by atoms with Crippen LogP contribution in [0.5, 0.6) is 0 Å². The Morgan fingerprint density at radius 3 is 1.53 bits per heavy atom. The molecule has 81 heavy (non-hydrogen) atoms. The zero-order valence-corrected chi connectivity index (χ0v) is 47.2. The minimum atomic E-state index is -0.275. The van der Waals surface area contributed by atoms with E-state index in [1.54, 1.807) is 0 Å². The molecule has 14 rings (SSSR count). The van der Waals surface area contributed by atoms with E-state index in [9.17, 15) is 0 Å². The number of hydrogen-bond donors (Lipinski definition) is 0. The summed E-state index contributed by atoms with van der Waals surface area (Å²) in [6, 6.07) is 86.4. The van der Waals surface area contributed by atoms with Gasteiger partial charge in [0.05, 0.1) is 11.4 Å². The van der Waals surface area contributed by atoms with Gasteiger partial charge in [0, 0.05) is 59.1 Å². The summed E-state index contributed by atoms with van der Waals surface area (Å²) in [7, 11) is 0. The standard InChI is InChI=1S/C78H60N2S/c1-7-18-52-31-37-62(42-51(52)9-3)80(74-29-17-24-54-21-11-14-26-66(54)74)64-45-60(44-63(49-64)79(61-36-30-50(4)56(43-61)19-8-2)73-28-16-23-53-20-10-13-25-65(53)73)58-33-39-69-68-38-32-57(46-71(68)78(5,6)72(69)47-58)59-34-40-70-76(48-59)81-75-41-35-55-22-12-15-27-67(55)77(70)75/h7-49H,3H2,1-2,4-6H3/b18-7-,19-8-. The van der Waals surface area contributed by atoms with Crippen LogP contribution in [0.15, 0.2) is 249 Å². The molecule has 0 spiro atoms. The first-order valence-corrected chi connectivity index (χ1v) is 29.0. The highest BCUT2D eigenvalue weighted by Gasteiger charge is 2.36. The smallest absolute Gasteiger partial charge is 0.0540 e. The molecule has 0 aliphatic heterocycles. The Bertz CT molecular complexity index is 4750. The molecule has 3 heteroatoms. The average molecular weight is 1060 g/mol. The normalized spacial score (nSPS) is 12.8. The van der Waals surface area contributed by atoms with Crippen molar-refractivity contribution in [1.82, 2.24) is 0 Å². The zero-order valence-electron chi connectivity index (χ0n) is 46.3. The highest BCUT2D eigenvalue weighted by molar-refractivity contribution is 7.26. The summed E-state index contributed by atoms with van der Waals surface area (Å²) in [4.78, 5) is 4.93. The minimum Gasteiger partial charge on any atom is -0.310 e. The van der Waals surface area contributed by atoms with Gasteiger partial charge in [-0.3, -0.25) is 0 Å². The number of hydrogen-bond acceptors (Lipinski definition) is 3. The molecule has 0 N–H and O–H groups in total. The fourth-order valence-corrected chi connectivity index (χ4v) is 14.0. The summed E-state index contributed by atoms with van der Waals surface area (Å²) in [5.74, 6) is 0. The molecule has 2 nitrogen and oxygen atoms in total. The summed E-state index contributed by atoms with van der Waals surface area (Å²) >= 11 is 1.89. The predicted molar refractivity (Wildman–Crippen MR) is 354 cm³/mol. The van der Waals surface area contributed by atoms with Crippen LogP contribution in [0.25, 0.3) is 104 Å². The number of allylic oxidation sites excluding steroid dienone is 2. The third kappa shape index (κ3) is 8.47. The molecule has 13 aromatic rings. The third-order valence-corrected chi connectivity index (χ3v) is 18.0. The van der Waals surface area contributed by atoms with E-state index < -0.39 is 0 Å². The largest absolute Gasteiger partial charge is 0.310 e. The monoisotopic (exact) mass is 1060 g/mol. The van der Waals surface area contributed by atoms with Crippen molar-refractivity contribution in [2.24, 2.45) is 0 Å². The fraction of sp³-hybridized carbons (Fsp3) is 0.0769. The molecule has 0 fully saturated rings. The van der Waals surface area contributed by atoms with Crippen LogP contribution in [-0.4, -0.2) is 0 Å². The maximum atomic E-state index is 4.32. The van der Waals surface area contributed by atoms with E-state index in [1.165, 1.54) is 97.0 Å². The van der Waals surface area contributed by atoms with E-state index in [1.807, 2.05) is 17.4 Å². The van der Waals surface area contributed by atoms with Crippen LogP contribution in [0.4, 0.5) is 34.1 Å². The van der Waals surface area contributed by atoms with Crippen molar-refractivity contribution in [2.75, 3.05) is 9.80 Å². The van der Waals surface area contributed by atoms with Crippen molar-refractivity contribution in [3.05, 3.63) is 283 Å². The molecule has 0 unspecified atom stereocenters. The average Bonchev–Trinajstić information content (AvgIpc) is 4.16. The van der Waals surface area contributed by atoms with Crippen LogP contribution in [0.3, 0.4) is 0 Å². The Hall–Kier alpha value is -9.54. The fourth-order valence-electron chi connectivity index (χ4n) is 12.8. The van der Waals surface area contributed by atoms with Gasteiger partial charge < -0.3 is 9.80 Å². The number of rotatable bonds is 11. The van der Waals surface area contributed by atoms with Gasteiger partial charge >= 0.3 is 0 Å². The molecule has 0 amide bonds. The second kappa shape index (κ2) is 20.0. The lowest BCUT2D eigenvalue weighted by atomic mass is 9.80. The number of anilines is 6. The van der Waals surface area contributed by atoms with E-state index in [4.69, 9.17) is 0 Å². The molecule has 0 bridgehead atoms. The summed E-state index contributed by atoms with van der Waals surface area (Å²) in [5, 5.41) is 9.99. The van der Waals surface area contributed by atoms with Gasteiger partial charge in [0.1, 0.15) is 0 Å². The van der Waals surface area contributed by atoms with E-state index in [2.05, 4.69) is 306 Å². The van der Waals surface area contributed by atoms with E-state index >= 15 is 0 Å². The first kappa shape index (κ1) is 49.7. The topological polar surface area (TPSA) is 6.48 Å². The second-order valence-corrected chi connectivity index (χ2v) is 23.2. The van der Waals surface area contributed by atoms with E-state index in [0.29, 0.717) is 0 Å². The van der Waals surface area contributed by atoms with Crippen LogP contribution in [0.1, 0.15) is 61.1 Å². The maximum absolute atomic E-state index is 4.32.